The summed E-state index contributed by atoms with van der Waals surface area (Å²) in [5.41, 5.74) is 1.01. The van der Waals surface area contributed by atoms with Crippen LogP contribution in [0.5, 0.6) is 0 Å². The van der Waals surface area contributed by atoms with Crippen LogP contribution in [0.4, 0.5) is 0 Å². The maximum Gasteiger partial charge on any atom is 0.374 e. The van der Waals surface area contributed by atoms with Gasteiger partial charge in [-0.15, -0.1) is 0 Å². The maximum absolute atomic E-state index is 11.5. The molecule has 0 aliphatic carbocycles. The van der Waals surface area contributed by atoms with Crippen molar-refractivity contribution in [1.29, 1.82) is 0 Å². The van der Waals surface area contributed by atoms with Crippen molar-refractivity contribution >= 4 is 11.8 Å². The van der Waals surface area contributed by atoms with Gasteiger partial charge in [-0.25, -0.2) is 4.79 Å². The summed E-state index contributed by atoms with van der Waals surface area (Å²) in [6.07, 6.45) is 0.461. The van der Waals surface area contributed by atoms with E-state index in [9.17, 15) is 9.59 Å². The molecule has 1 atom stereocenters. The van der Waals surface area contributed by atoms with Gasteiger partial charge in [0.05, 0.1) is 19.3 Å². The maximum atomic E-state index is 11.5. The zero-order valence-electron chi connectivity index (χ0n) is 11.6. The third kappa shape index (κ3) is 5.22. The molecule has 1 unspecified atom stereocenters. The number of benzene rings is 1. The van der Waals surface area contributed by atoms with Gasteiger partial charge in [-0.3, -0.25) is 4.79 Å². The Hall–Kier alpha value is -1.68. The summed E-state index contributed by atoms with van der Waals surface area (Å²) in [5, 5.41) is 0. The number of hydrogen-bond donors (Lipinski definition) is 0. The number of hydrogen-bond acceptors (Lipinski definition) is 4. The molecule has 1 aromatic carbocycles. The highest BCUT2D eigenvalue weighted by Gasteiger charge is 2.19. The summed E-state index contributed by atoms with van der Waals surface area (Å²) in [7, 11) is 1.21. The predicted octanol–water partition coefficient (Wildman–Crippen LogP) is 2.68. The smallest absolute Gasteiger partial charge is 0.374 e. The zero-order valence-corrected chi connectivity index (χ0v) is 11.6. The van der Waals surface area contributed by atoms with Crippen LogP contribution in [0.25, 0.3) is 0 Å². The quantitative estimate of drug-likeness (QED) is 0.561. The third-order valence-electron chi connectivity index (χ3n) is 2.65. The highest BCUT2D eigenvalue weighted by molar-refractivity contribution is 6.33. The molecular formula is C15H20O4. The number of ketones is 1. The Morgan fingerprint density at radius 1 is 1.16 bits per heavy atom. The van der Waals surface area contributed by atoms with E-state index in [1.807, 2.05) is 44.2 Å². The van der Waals surface area contributed by atoms with Crippen LogP contribution < -0.4 is 0 Å². The van der Waals surface area contributed by atoms with Crippen LogP contribution in [0, 0.1) is 0 Å². The van der Waals surface area contributed by atoms with Crippen LogP contribution in [0.1, 0.15) is 38.4 Å². The lowest BCUT2D eigenvalue weighted by molar-refractivity contribution is -0.152. The van der Waals surface area contributed by atoms with E-state index >= 15 is 0 Å². The van der Waals surface area contributed by atoms with Crippen molar-refractivity contribution in [2.75, 3.05) is 7.11 Å². The minimum absolute atomic E-state index is 0.0541. The summed E-state index contributed by atoms with van der Waals surface area (Å²) >= 11 is 0. The highest BCUT2D eigenvalue weighted by atomic mass is 16.5. The van der Waals surface area contributed by atoms with Gasteiger partial charge in [0, 0.05) is 6.42 Å². The van der Waals surface area contributed by atoms with Gasteiger partial charge in [0.1, 0.15) is 0 Å². The van der Waals surface area contributed by atoms with Gasteiger partial charge in [-0.1, -0.05) is 30.3 Å². The number of ether oxygens (including phenoxy) is 2. The summed E-state index contributed by atoms with van der Waals surface area (Å²) in [5.74, 6) is -1.31. The van der Waals surface area contributed by atoms with Crippen molar-refractivity contribution < 1.29 is 19.1 Å². The largest absolute Gasteiger partial charge is 0.463 e. The first kappa shape index (κ1) is 15.4. The number of carbonyl (C=O) groups excluding carboxylic acids is 2. The van der Waals surface area contributed by atoms with E-state index < -0.39 is 11.8 Å². The molecule has 0 bridgehead atoms. The van der Waals surface area contributed by atoms with E-state index in [2.05, 4.69) is 4.74 Å². The topological polar surface area (TPSA) is 52.6 Å². The molecule has 104 valence electrons. The molecule has 0 aliphatic rings. The summed E-state index contributed by atoms with van der Waals surface area (Å²) in [6.45, 7) is 3.89. The number of rotatable bonds is 7. The van der Waals surface area contributed by atoms with Crippen molar-refractivity contribution in [3.8, 4) is 0 Å². The van der Waals surface area contributed by atoms with Crippen LogP contribution >= 0.6 is 0 Å². The lowest BCUT2D eigenvalue weighted by Gasteiger charge is -2.20. The molecule has 0 aromatic heterocycles. The number of esters is 1. The van der Waals surface area contributed by atoms with Crippen molar-refractivity contribution in [1.82, 2.24) is 0 Å². The van der Waals surface area contributed by atoms with E-state index in [0.29, 0.717) is 6.42 Å². The number of methoxy groups -OCH3 is 1. The molecule has 1 rings (SSSR count). The summed E-state index contributed by atoms with van der Waals surface area (Å²) < 4.78 is 10.2. The SMILES string of the molecule is COC(=O)C(=O)CCC(OC(C)C)c1ccccc1. The molecule has 0 aliphatic heterocycles. The molecule has 0 spiro atoms. The first-order valence-corrected chi connectivity index (χ1v) is 6.36. The third-order valence-corrected chi connectivity index (χ3v) is 2.65. The summed E-state index contributed by atoms with van der Waals surface area (Å²) in [6, 6.07) is 9.68. The molecular weight excluding hydrogens is 244 g/mol. The molecule has 0 fully saturated rings. The molecule has 0 N–H and O–H groups in total. The second-order valence-corrected chi connectivity index (χ2v) is 4.54. The fourth-order valence-corrected chi connectivity index (χ4v) is 1.79. The molecule has 0 radical (unpaired) electrons. The zero-order chi connectivity index (χ0) is 14.3. The van der Waals surface area contributed by atoms with E-state index in [1.165, 1.54) is 7.11 Å². The first-order chi connectivity index (χ1) is 9.04. The average Bonchev–Trinajstić information content (AvgIpc) is 2.42. The molecule has 19 heavy (non-hydrogen) atoms. The number of carbonyl (C=O) groups is 2. The van der Waals surface area contributed by atoms with E-state index in [-0.39, 0.29) is 18.6 Å². The Labute approximate surface area is 113 Å². The van der Waals surface area contributed by atoms with E-state index in [0.717, 1.165) is 5.56 Å². The van der Waals surface area contributed by atoms with Crippen LogP contribution in [0.2, 0.25) is 0 Å². The molecule has 4 heteroatoms. The fourth-order valence-electron chi connectivity index (χ4n) is 1.79. The lowest BCUT2D eigenvalue weighted by Crippen LogP contribution is -2.18. The van der Waals surface area contributed by atoms with Crippen molar-refractivity contribution in [3.05, 3.63) is 35.9 Å². The normalized spacial score (nSPS) is 12.2. The second-order valence-electron chi connectivity index (χ2n) is 4.54. The standard InChI is InChI=1S/C15H20O4/c1-11(2)19-14(12-7-5-4-6-8-12)10-9-13(16)15(17)18-3/h4-8,11,14H,9-10H2,1-3H3. The van der Waals surface area contributed by atoms with Gasteiger partial charge in [-0.05, 0) is 25.8 Å². The minimum Gasteiger partial charge on any atom is -0.463 e. The summed E-state index contributed by atoms with van der Waals surface area (Å²) in [4.78, 5) is 22.5. The highest BCUT2D eigenvalue weighted by Crippen LogP contribution is 2.24. The lowest BCUT2D eigenvalue weighted by atomic mass is 10.0. The predicted molar refractivity (Wildman–Crippen MR) is 71.7 cm³/mol. The van der Waals surface area contributed by atoms with E-state index in [4.69, 9.17) is 4.74 Å². The van der Waals surface area contributed by atoms with Crippen molar-refractivity contribution in [2.24, 2.45) is 0 Å². The van der Waals surface area contributed by atoms with Gasteiger partial charge in [0.15, 0.2) is 0 Å². The van der Waals surface area contributed by atoms with E-state index in [1.54, 1.807) is 0 Å². The monoisotopic (exact) mass is 264 g/mol. The number of Topliss-reactive ketones (excluding diaryl/α,β-unsaturated/α-hetero) is 1. The van der Waals surface area contributed by atoms with Gasteiger partial charge in [0.25, 0.3) is 0 Å². The Kier molecular flexibility index (Phi) is 6.22. The molecule has 0 heterocycles. The van der Waals surface area contributed by atoms with Crippen LogP contribution in [-0.4, -0.2) is 25.0 Å². The molecule has 0 amide bonds. The fraction of sp³-hybridized carbons (Fsp3) is 0.467. The molecule has 0 saturated heterocycles. The van der Waals surface area contributed by atoms with Gasteiger partial charge in [0.2, 0.25) is 5.78 Å². The van der Waals surface area contributed by atoms with Crippen LogP contribution in [0.3, 0.4) is 0 Å². The molecule has 0 saturated carbocycles. The van der Waals surface area contributed by atoms with Crippen LogP contribution in [-0.2, 0) is 19.1 Å². The van der Waals surface area contributed by atoms with Gasteiger partial charge < -0.3 is 9.47 Å². The van der Waals surface area contributed by atoms with Crippen molar-refractivity contribution in [2.45, 2.75) is 38.9 Å². The molecule has 4 nitrogen and oxygen atoms in total. The van der Waals surface area contributed by atoms with Crippen molar-refractivity contribution in [3.63, 3.8) is 0 Å². The van der Waals surface area contributed by atoms with Crippen LogP contribution in [0.15, 0.2) is 30.3 Å². The Bertz CT molecular complexity index is 411. The molecule has 1 aromatic rings. The Morgan fingerprint density at radius 2 is 1.79 bits per heavy atom. The minimum atomic E-state index is -0.795. The Morgan fingerprint density at radius 3 is 2.32 bits per heavy atom. The first-order valence-electron chi connectivity index (χ1n) is 6.36. The van der Waals surface area contributed by atoms with Gasteiger partial charge in [-0.2, -0.15) is 0 Å². The average molecular weight is 264 g/mol. The Balaban J connectivity index is 2.66. The second kappa shape index (κ2) is 7.69. The van der Waals surface area contributed by atoms with Gasteiger partial charge >= 0.3 is 5.97 Å².